The molecule has 0 fully saturated rings. The van der Waals surface area contributed by atoms with Crippen LogP contribution in [0.4, 0.5) is 0 Å². The van der Waals surface area contributed by atoms with Crippen LogP contribution in [0, 0.1) is 5.92 Å². The molecule has 1 aromatic heterocycles. The standard InChI is InChI=1S/C12H21N3O2S/c1-8(2)9(6-17-3)15-12(16)10-7-18-11(14-10)4-5-13/h7-9H,4-6,13H2,1-3H3,(H,15,16). The lowest BCUT2D eigenvalue weighted by atomic mass is 10.1. The Kier molecular flexibility index (Phi) is 6.24. The van der Waals surface area contributed by atoms with Crippen molar-refractivity contribution in [1.29, 1.82) is 0 Å². The lowest BCUT2D eigenvalue weighted by Crippen LogP contribution is -2.41. The van der Waals surface area contributed by atoms with Crippen molar-refractivity contribution in [3.8, 4) is 0 Å². The molecular formula is C12H21N3O2S. The Hall–Kier alpha value is -0.980. The van der Waals surface area contributed by atoms with E-state index in [0.29, 0.717) is 31.2 Å². The average molecular weight is 271 g/mol. The molecule has 1 heterocycles. The van der Waals surface area contributed by atoms with Crippen molar-refractivity contribution in [1.82, 2.24) is 10.3 Å². The number of carbonyl (C=O) groups excluding carboxylic acids is 1. The molecule has 0 aromatic carbocycles. The van der Waals surface area contributed by atoms with Gasteiger partial charge < -0.3 is 15.8 Å². The first-order chi connectivity index (χ1) is 8.58. The molecule has 102 valence electrons. The molecule has 0 spiro atoms. The predicted molar refractivity (Wildman–Crippen MR) is 72.8 cm³/mol. The summed E-state index contributed by atoms with van der Waals surface area (Å²) in [7, 11) is 1.63. The van der Waals surface area contributed by atoms with E-state index in [1.54, 1.807) is 12.5 Å². The maximum absolute atomic E-state index is 12.0. The van der Waals surface area contributed by atoms with E-state index in [2.05, 4.69) is 10.3 Å². The molecule has 1 rings (SSSR count). The number of nitrogens with one attached hydrogen (secondary N) is 1. The Morgan fingerprint density at radius 1 is 1.61 bits per heavy atom. The summed E-state index contributed by atoms with van der Waals surface area (Å²) in [5.41, 5.74) is 5.92. The number of ether oxygens (including phenoxy) is 1. The summed E-state index contributed by atoms with van der Waals surface area (Å²) >= 11 is 1.47. The summed E-state index contributed by atoms with van der Waals surface area (Å²) in [6.45, 7) is 5.14. The number of rotatable bonds is 7. The number of aromatic nitrogens is 1. The van der Waals surface area contributed by atoms with E-state index in [4.69, 9.17) is 10.5 Å². The van der Waals surface area contributed by atoms with Gasteiger partial charge in [-0.3, -0.25) is 4.79 Å². The first-order valence-corrected chi connectivity index (χ1v) is 6.90. The van der Waals surface area contributed by atoms with Crippen molar-refractivity contribution in [2.24, 2.45) is 11.7 Å². The molecule has 0 saturated heterocycles. The predicted octanol–water partition coefficient (Wildman–Crippen LogP) is 1.05. The lowest BCUT2D eigenvalue weighted by Gasteiger charge is -2.20. The molecule has 0 radical (unpaired) electrons. The highest BCUT2D eigenvalue weighted by atomic mass is 32.1. The summed E-state index contributed by atoms with van der Waals surface area (Å²) in [4.78, 5) is 16.3. The van der Waals surface area contributed by atoms with Gasteiger partial charge in [0.2, 0.25) is 0 Å². The zero-order valence-corrected chi connectivity index (χ0v) is 11.9. The van der Waals surface area contributed by atoms with E-state index in [9.17, 15) is 4.79 Å². The van der Waals surface area contributed by atoms with Crippen LogP contribution in [0.15, 0.2) is 5.38 Å². The molecule has 0 aliphatic rings. The van der Waals surface area contributed by atoms with Gasteiger partial charge in [-0.1, -0.05) is 13.8 Å². The number of thiazole rings is 1. The first-order valence-electron chi connectivity index (χ1n) is 6.02. The van der Waals surface area contributed by atoms with E-state index in [0.717, 1.165) is 5.01 Å². The lowest BCUT2D eigenvalue weighted by molar-refractivity contribution is 0.0862. The number of methoxy groups -OCH3 is 1. The van der Waals surface area contributed by atoms with Crippen LogP contribution in [0.1, 0.15) is 29.3 Å². The Bertz CT molecular complexity index is 379. The van der Waals surface area contributed by atoms with Crippen molar-refractivity contribution >= 4 is 17.2 Å². The fourth-order valence-electron chi connectivity index (χ4n) is 1.48. The normalized spacial score (nSPS) is 12.7. The molecule has 3 N–H and O–H groups in total. The monoisotopic (exact) mass is 271 g/mol. The van der Waals surface area contributed by atoms with Crippen LogP contribution < -0.4 is 11.1 Å². The number of nitrogens with zero attached hydrogens (tertiary/aromatic N) is 1. The van der Waals surface area contributed by atoms with Gasteiger partial charge in [0.05, 0.1) is 17.7 Å². The maximum Gasteiger partial charge on any atom is 0.271 e. The highest BCUT2D eigenvalue weighted by Crippen LogP contribution is 2.11. The highest BCUT2D eigenvalue weighted by Gasteiger charge is 2.18. The van der Waals surface area contributed by atoms with Gasteiger partial charge in [0.1, 0.15) is 5.69 Å². The minimum atomic E-state index is -0.148. The van der Waals surface area contributed by atoms with Crippen LogP contribution in [0.2, 0.25) is 0 Å². The van der Waals surface area contributed by atoms with Gasteiger partial charge in [-0.05, 0) is 12.5 Å². The number of hydrogen-bond acceptors (Lipinski definition) is 5. The number of carbonyl (C=O) groups is 1. The number of hydrogen-bond donors (Lipinski definition) is 2. The first kappa shape index (κ1) is 15.1. The second-order valence-corrected chi connectivity index (χ2v) is 5.39. The molecule has 0 aliphatic heterocycles. The van der Waals surface area contributed by atoms with Gasteiger partial charge in [0, 0.05) is 18.9 Å². The van der Waals surface area contributed by atoms with Crippen LogP contribution >= 0.6 is 11.3 Å². The largest absolute Gasteiger partial charge is 0.383 e. The SMILES string of the molecule is COCC(NC(=O)c1csc(CCN)n1)C(C)C. The minimum Gasteiger partial charge on any atom is -0.383 e. The average Bonchev–Trinajstić information content (AvgIpc) is 2.77. The molecule has 0 aliphatic carbocycles. The van der Waals surface area contributed by atoms with Crippen LogP contribution in [-0.2, 0) is 11.2 Å². The van der Waals surface area contributed by atoms with E-state index in [-0.39, 0.29) is 11.9 Å². The molecule has 1 unspecified atom stereocenters. The summed E-state index contributed by atoms with van der Waals surface area (Å²) in [5, 5.41) is 5.61. The highest BCUT2D eigenvalue weighted by molar-refractivity contribution is 7.09. The second kappa shape index (κ2) is 7.45. The topological polar surface area (TPSA) is 77.2 Å². The summed E-state index contributed by atoms with van der Waals surface area (Å²) in [5.74, 6) is 0.168. The van der Waals surface area contributed by atoms with Gasteiger partial charge in [-0.25, -0.2) is 4.98 Å². The third kappa shape index (κ3) is 4.36. The van der Waals surface area contributed by atoms with Gasteiger partial charge in [0.15, 0.2) is 0 Å². The van der Waals surface area contributed by atoms with Gasteiger partial charge >= 0.3 is 0 Å². The molecule has 1 amide bonds. The van der Waals surface area contributed by atoms with Crippen molar-refractivity contribution < 1.29 is 9.53 Å². The fourth-order valence-corrected chi connectivity index (χ4v) is 2.27. The Balaban J connectivity index is 2.62. The van der Waals surface area contributed by atoms with Crippen LogP contribution in [0.3, 0.4) is 0 Å². The number of amides is 1. The van der Waals surface area contributed by atoms with E-state index < -0.39 is 0 Å². The van der Waals surface area contributed by atoms with Crippen molar-refractivity contribution in [3.63, 3.8) is 0 Å². The van der Waals surface area contributed by atoms with E-state index >= 15 is 0 Å². The molecule has 0 saturated carbocycles. The van der Waals surface area contributed by atoms with E-state index in [1.807, 2.05) is 13.8 Å². The van der Waals surface area contributed by atoms with Gasteiger partial charge in [0.25, 0.3) is 5.91 Å². The Morgan fingerprint density at radius 3 is 2.89 bits per heavy atom. The van der Waals surface area contributed by atoms with Crippen molar-refractivity contribution in [2.75, 3.05) is 20.3 Å². The molecule has 5 nitrogen and oxygen atoms in total. The van der Waals surface area contributed by atoms with Gasteiger partial charge in [-0.2, -0.15) is 0 Å². The van der Waals surface area contributed by atoms with E-state index in [1.165, 1.54) is 11.3 Å². The second-order valence-electron chi connectivity index (χ2n) is 4.44. The summed E-state index contributed by atoms with van der Waals surface area (Å²) in [6, 6.07) is 0.00200. The van der Waals surface area contributed by atoms with Crippen molar-refractivity contribution in [2.45, 2.75) is 26.3 Å². The maximum atomic E-state index is 12.0. The molecular weight excluding hydrogens is 250 g/mol. The van der Waals surface area contributed by atoms with Crippen molar-refractivity contribution in [3.05, 3.63) is 16.1 Å². The molecule has 0 bridgehead atoms. The molecule has 6 heteroatoms. The Labute approximate surface area is 112 Å². The smallest absolute Gasteiger partial charge is 0.271 e. The Morgan fingerprint density at radius 2 is 2.33 bits per heavy atom. The minimum absolute atomic E-state index is 0.00200. The summed E-state index contributed by atoms with van der Waals surface area (Å²) in [6.07, 6.45) is 0.712. The number of nitrogens with two attached hydrogens (primary N) is 1. The van der Waals surface area contributed by atoms with Crippen LogP contribution in [-0.4, -0.2) is 37.2 Å². The third-order valence-corrected chi connectivity index (χ3v) is 3.52. The fraction of sp³-hybridized carbons (Fsp3) is 0.667. The molecule has 1 atom stereocenters. The van der Waals surface area contributed by atoms with Crippen LogP contribution in [0.5, 0.6) is 0 Å². The summed E-state index contributed by atoms with van der Waals surface area (Å²) < 4.78 is 5.10. The third-order valence-electron chi connectivity index (χ3n) is 2.61. The van der Waals surface area contributed by atoms with Gasteiger partial charge in [-0.15, -0.1) is 11.3 Å². The molecule has 1 aromatic rings. The quantitative estimate of drug-likeness (QED) is 0.777. The van der Waals surface area contributed by atoms with Crippen LogP contribution in [0.25, 0.3) is 0 Å². The zero-order chi connectivity index (χ0) is 13.5. The molecule has 18 heavy (non-hydrogen) atoms. The zero-order valence-electron chi connectivity index (χ0n) is 11.1.